The fourth-order valence-corrected chi connectivity index (χ4v) is 8.46. The molecule has 0 bridgehead atoms. The van der Waals surface area contributed by atoms with Crippen LogP contribution in [0.2, 0.25) is 0 Å². The first-order valence-corrected chi connectivity index (χ1v) is 11.0. The molecular weight excluding hydrogens is 276 g/mol. The first-order chi connectivity index (χ1) is 11.0. The Morgan fingerprint density at radius 3 is 2.39 bits per heavy atom. The summed E-state index contributed by atoms with van der Waals surface area (Å²) in [5.74, 6) is 8.53. The van der Waals surface area contributed by atoms with Crippen LogP contribution in [0.15, 0.2) is 0 Å². The molecule has 0 heterocycles. The topological polar surface area (TPSA) is 0 Å². The molecule has 0 spiro atoms. The van der Waals surface area contributed by atoms with Gasteiger partial charge < -0.3 is 0 Å². The first kappa shape index (κ1) is 16.5. The van der Waals surface area contributed by atoms with E-state index in [1.807, 2.05) is 0 Å². The molecule has 0 saturated heterocycles. The van der Waals surface area contributed by atoms with Crippen molar-refractivity contribution in [3.05, 3.63) is 0 Å². The summed E-state index contributed by atoms with van der Waals surface area (Å²) in [6, 6.07) is 0. The second kappa shape index (κ2) is 6.06. The SMILES string of the molecule is CCC1CCC2C(CCC3C2CCC2(C)C(C(C)C)CCC32)C1. The Hall–Kier alpha value is 0. The summed E-state index contributed by atoms with van der Waals surface area (Å²) < 4.78 is 0. The molecule has 0 aliphatic heterocycles. The largest absolute Gasteiger partial charge is 0.0651 e. The zero-order chi connectivity index (χ0) is 16.2. The van der Waals surface area contributed by atoms with E-state index >= 15 is 0 Å². The lowest BCUT2D eigenvalue weighted by Gasteiger charge is -2.56. The third-order valence-corrected chi connectivity index (χ3v) is 9.52. The molecule has 0 amide bonds. The highest BCUT2D eigenvalue weighted by Crippen LogP contribution is 2.65. The van der Waals surface area contributed by atoms with Crippen LogP contribution in [-0.2, 0) is 0 Å². The van der Waals surface area contributed by atoms with Gasteiger partial charge in [0.2, 0.25) is 0 Å². The summed E-state index contributed by atoms with van der Waals surface area (Å²) in [6.07, 6.45) is 15.6. The maximum Gasteiger partial charge on any atom is -0.0264 e. The maximum atomic E-state index is 2.70. The molecule has 0 nitrogen and oxygen atoms in total. The monoisotopic (exact) mass is 316 g/mol. The summed E-state index contributed by atoms with van der Waals surface area (Å²) in [4.78, 5) is 0. The Bertz CT molecular complexity index is 424. The first-order valence-electron chi connectivity index (χ1n) is 11.0. The lowest BCUT2D eigenvalue weighted by atomic mass is 9.49. The molecule has 0 radical (unpaired) electrons. The van der Waals surface area contributed by atoms with Gasteiger partial charge in [-0.3, -0.25) is 0 Å². The quantitative estimate of drug-likeness (QED) is 0.517. The van der Waals surface area contributed by atoms with E-state index in [1.165, 1.54) is 12.8 Å². The molecule has 8 unspecified atom stereocenters. The third kappa shape index (κ3) is 2.53. The van der Waals surface area contributed by atoms with E-state index in [4.69, 9.17) is 0 Å². The van der Waals surface area contributed by atoms with Crippen LogP contribution in [-0.4, -0.2) is 0 Å². The average Bonchev–Trinajstić information content (AvgIpc) is 2.91. The normalized spacial score (nSPS) is 52.8. The summed E-state index contributed by atoms with van der Waals surface area (Å²) in [6.45, 7) is 10.1. The van der Waals surface area contributed by atoms with E-state index in [1.54, 1.807) is 51.4 Å². The molecular formula is C23H40. The van der Waals surface area contributed by atoms with Crippen molar-refractivity contribution in [2.24, 2.45) is 52.8 Å². The van der Waals surface area contributed by atoms with Crippen molar-refractivity contribution in [3.8, 4) is 0 Å². The standard InChI is InChI=1S/C23H40/c1-5-16-6-8-18-17(14-16)7-9-20-19(18)12-13-23(4)21(15(2)3)10-11-22(20)23/h15-22H,5-14H2,1-4H3. The van der Waals surface area contributed by atoms with Crippen molar-refractivity contribution in [1.29, 1.82) is 0 Å². The Labute approximate surface area is 145 Å². The van der Waals surface area contributed by atoms with Gasteiger partial charge in [0.1, 0.15) is 0 Å². The van der Waals surface area contributed by atoms with Crippen LogP contribution in [0, 0.1) is 52.8 Å². The number of fused-ring (bicyclic) bond motifs is 5. The Balaban J connectivity index is 1.52. The highest BCUT2D eigenvalue weighted by atomic mass is 14.6. The second-order valence-corrected chi connectivity index (χ2v) is 10.5. The zero-order valence-corrected chi connectivity index (χ0v) is 16.2. The Morgan fingerprint density at radius 2 is 1.65 bits per heavy atom. The highest BCUT2D eigenvalue weighted by molar-refractivity contribution is 5.06. The molecule has 8 atom stereocenters. The van der Waals surface area contributed by atoms with E-state index in [9.17, 15) is 0 Å². The molecule has 132 valence electrons. The van der Waals surface area contributed by atoms with Crippen molar-refractivity contribution < 1.29 is 0 Å². The molecule has 4 fully saturated rings. The summed E-state index contributed by atoms with van der Waals surface area (Å²) in [5.41, 5.74) is 0.697. The van der Waals surface area contributed by atoms with Crippen LogP contribution in [0.25, 0.3) is 0 Å². The van der Waals surface area contributed by atoms with Crippen LogP contribution in [0.1, 0.15) is 91.9 Å². The van der Waals surface area contributed by atoms with E-state index in [2.05, 4.69) is 27.7 Å². The summed E-state index contributed by atoms with van der Waals surface area (Å²) in [5, 5.41) is 0. The van der Waals surface area contributed by atoms with Gasteiger partial charge in [-0.05, 0) is 104 Å². The maximum absolute atomic E-state index is 2.70. The summed E-state index contributed by atoms with van der Waals surface area (Å²) in [7, 11) is 0. The minimum absolute atomic E-state index is 0.697. The highest BCUT2D eigenvalue weighted by Gasteiger charge is 2.57. The number of hydrogen-bond acceptors (Lipinski definition) is 0. The van der Waals surface area contributed by atoms with Crippen LogP contribution in [0.3, 0.4) is 0 Å². The van der Waals surface area contributed by atoms with Gasteiger partial charge in [0, 0.05) is 0 Å². The second-order valence-electron chi connectivity index (χ2n) is 10.5. The lowest BCUT2D eigenvalue weighted by molar-refractivity contribution is -0.0729. The van der Waals surface area contributed by atoms with E-state index in [0.717, 1.165) is 47.3 Å². The van der Waals surface area contributed by atoms with Gasteiger partial charge >= 0.3 is 0 Å². The van der Waals surface area contributed by atoms with Crippen molar-refractivity contribution in [3.63, 3.8) is 0 Å². The smallest absolute Gasteiger partial charge is 0.0264 e. The van der Waals surface area contributed by atoms with Crippen LogP contribution >= 0.6 is 0 Å². The van der Waals surface area contributed by atoms with Gasteiger partial charge in [-0.15, -0.1) is 0 Å². The Kier molecular flexibility index (Phi) is 4.34. The molecule has 0 aromatic heterocycles. The average molecular weight is 317 g/mol. The van der Waals surface area contributed by atoms with E-state index in [-0.39, 0.29) is 0 Å². The molecule has 4 aliphatic carbocycles. The molecule has 4 rings (SSSR count). The molecule has 23 heavy (non-hydrogen) atoms. The molecule has 0 aromatic carbocycles. The molecule has 0 heteroatoms. The van der Waals surface area contributed by atoms with Gasteiger partial charge in [0.15, 0.2) is 0 Å². The van der Waals surface area contributed by atoms with Crippen molar-refractivity contribution in [1.82, 2.24) is 0 Å². The van der Waals surface area contributed by atoms with Gasteiger partial charge in [-0.25, -0.2) is 0 Å². The predicted octanol–water partition coefficient (Wildman–Crippen LogP) is 6.94. The van der Waals surface area contributed by atoms with Crippen LogP contribution in [0.5, 0.6) is 0 Å². The van der Waals surface area contributed by atoms with Crippen molar-refractivity contribution >= 4 is 0 Å². The van der Waals surface area contributed by atoms with E-state index < -0.39 is 0 Å². The van der Waals surface area contributed by atoms with E-state index in [0.29, 0.717) is 5.41 Å². The fourth-order valence-electron chi connectivity index (χ4n) is 8.46. The minimum Gasteiger partial charge on any atom is -0.0651 e. The molecule has 0 N–H and O–H groups in total. The molecule has 0 aromatic rings. The van der Waals surface area contributed by atoms with Crippen LogP contribution < -0.4 is 0 Å². The van der Waals surface area contributed by atoms with Crippen molar-refractivity contribution in [2.75, 3.05) is 0 Å². The van der Waals surface area contributed by atoms with Gasteiger partial charge in [0.05, 0.1) is 0 Å². The summed E-state index contributed by atoms with van der Waals surface area (Å²) >= 11 is 0. The predicted molar refractivity (Wildman–Crippen MR) is 99.2 cm³/mol. The zero-order valence-electron chi connectivity index (χ0n) is 16.2. The van der Waals surface area contributed by atoms with Gasteiger partial charge in [-0.1, -0.05) is 40.5 Å². The molecule has 4 aliphatic rings. The van der Waals surface area contributed by atoms with Crippen LogP contribution in [0.4, 0.5) is 0 Å². The third-order valence-electron chi connectivity index (χ3n) is 9.52. The lowest BCUT2D eigenvalue weighted by Crippen LogP contribution is -2.49. The fraction of sp³-hybridized carbons (Fsp3) is 1.00. The number of rotatable bonds is 2. The Morgan fingerprint density at radius 1 is 0.870 bits per heavy atom. The molecule has 4 saturated carbocycles. The minimum atomic E-state index is 0.697. The van der Waals surface area contributed by atoms with Crippen molar-refractivity contribution in [2.45, 2.75) is 91.9 Å². The number of hydrogen-bond donors (Lipinski definition) is 0. The van der Waals surface area contributed by atoms with Gasteiger partial charge in [-0.2, -0.15) is 0 Å². The van der Waals surface area contributed by atoms with Gasteiger partial charge in [0.25, 0.3) is 0 Å².